The van der Waals surface area contributed by atoms with Crippen LogP contribution in [0.3, 0.4) is 0 Å². The SMILES string of the molecule is CO[C@@H]1C[C@H](C(=O)O)N(C(=O)O)C1. The first kappa shape index (κ1) is 9.79. The van der Waals surface area contributed by atoms with Crippen molar-refractivity contribution in [2.75, 3.05) is 13.7 Å². The van der Waals surface area contributed by atoms with Gasteiger partial charge in [0, 0.05) is 13.5 Å². The van der Waals surface area contributed by atoms with E-state index in [1.54, 1.807) is 0 Å². The van der Waals surface area contributed by atoms with Crippen molar-refractivity contribution in [3.8, 4) is 0 Å². The molecule has 6 heteroatoms. The molecule has 0 aromatic carbocycles. The first-order chi connectivity index (χ1) is 6.06. The maximum atomic E-state index is 10.6. The molecule has 0 unspecified atom stereocenters. The quantitative estimate of drug-likeness (QED) is 0.630. The van der Waals surface area contributed by atoms with Gasteiger partial charge in [-0.05, 0) is 0 Å². The number of carboxylic acids is 1. The Bertz CT molecular complexity index is 207. The van der Waals surface area contributed by atoms with Gasteiger partial charge in [0.2, 0.25) is 0 Å². The normalized spacial score (nSPS) is 27.6. The number of carboxylic acid groups (broad SMARTS) is 2. The Kier molecular flexibility index (Phi) is 2.72. The van der Waals surface area contributed by atoms with Gasteiger partial charge in [-0.2, -0.15) is 0 Å². The summed E-state index contributed by atoms with van der Waals surface area (Å²) in [4.78, 5) is 22.1. The lowest BCUT2D eigenvalue weighted by Crippen LogP contribution is -2.39. The zero-order chi connectivity index (χ0) is 10.0. The molecule has 1 amide bonds. The molecular weight excluding hydrogens is 178 g/mol. The molecule has 1 fully saturated rings. The fraction of sp³-hybridized carbons (Fsp3) is 0.714. The molecule has 1 saturated heterocycles. The van der Waals surface area contributed by atoms with Gasteiger partial charge in [0.05, 0.1) is 12.6 Å². The van der Waals surface area contributed by atoms with Gasteiger partial charge >= 0.3 is 12.1 Å². The smallest absolute Gasteiger partial charge is 0.408 e. The van der Waals surface area contributed by atoms with E-state index in [1.165, 1.54) is 7.11 Å². The van der Waals surface area contributed by atoms with Crippen LogP contribution in [0, 0.1) is 0 Å². The number of likely N-dealkylation sites (tertiary alicyclic amines) is 1. The van der Waals surface area contributed by atoms with Crippen molar-refractivity contribution < 1.29 is 24.5 Å². The van der Waals surface area contributed by atoms with E-state index in [9.17, 15) is 9.59 Å². The number of rotatable bonds is 2. The van der Waals surface area contributed by atoms with Gasteiger partial charge in [0.1, 0.15) is 6.04 Å². The third-order valence-corrected chi connectivity index (χ3v) is 2.13. The molecule has 0 aromatic heterocycles. The number of hydrogen-bond acceptors (Lipinski definition) is 3. The van der Waals surface area contributed by atoms with Crippen molar-refractivity contribution in [1.29, 1.82) is 0 Å². The Morgan fingerprint density at radius 3 is 2.38 bits per heavy atom. The van der Waals surface area contributed by atoms with Crippen LogP contribution in [0.4, 0.5) is 4.79 Å². The average Bonchev–Trinajstić information content (AvgIpc) is 2.47. The predicted molar refractivity (Wildman–Crippen MR) is 41.6 cm³/mol. The number of hydrogen-bond donors (Lipinski definition) is 2. The first-order valence-corrected chi connectivity index (χ1v) is 3.81. The van der Waals surface area contributed by atoms with Gasteiger partial charge in [0.15, 0.2) is 0 Å². The molecule has 6 nitrogen and oxygen atoms in total. The molecule has 0 radical (unpaired) electrons. The van der Waals surface area contributed by atoms with E-state index in [0.717, 1.165) is 4.90 Å². The molecule has 0 saturated carbocycles. The molecule has 1 heterocycles. The van der Waals surface area contributed by atoms with Gasteiger partial charge in [-0.15, -0.1) is 0 Å². The zero-order valence-electron chi connectivity index (χ0n) is 7.14. The van der Waals surface area contributed by atoms with E-state index >= 15 is 0 Å². The van der Waals surface area contributed by atoms with Crippen molar-refractivity contribution in [1.82, 2.24) is 4.90 Å². The highest BCUT2D eigenvalue weighted by molar-refractivity contribution is 5.80. The van der Waals surface area contributed by atoms with Gasteiger partial charge in [0.25, 0.3) is 0 Å². The fourth-order valence-electron chi connectivity index (χ4n) is 1.41. The monoisotopic (exact) mass is 189 g/mol. The topological polar surface area (TPSA) is 87.1 Å². The lowest BCUT2D eigenvalue weighted by Gasteiger charge is -2.16. The lowest BCUT2D eigenvalue weighted by atomic mass is 10.2. The van der Waals surface area contributed by atoms with E-state index in [1.807, 2.05) is 0 Å². The highest BCUT2D eigenvalue weighted by atomic mass is 16.5. The minimum absolute atomic E-state index is 0.128. The second kappa shape index (κ2) is 3.61. The Hall–Kier alpha value is -1.30. The molecule has 0 bridgehead atoms. The van der Waals surface area contributed by atoms with Gasteiger partial charge in [-0.25, -0.2) is 9.59 Å². The third-order valence-electron chi connectivity index (χ3n) is 2.13. The van der Waals surface area contributed by atoms with E-state index in [2.05, 4.69) is 0 Å². The molecule has 0 aromatic rings. The van der Waals surface area contributed by atoms with Crippen LogP contribution in [0.5, 0.6) is 0 Å². The Morgan fingerprint density at radius 2 is 2.08 bits per heavy atom. The maximum absolute atomic E-state index is 10.6. The highest BCUT2D eigenvalue weighted by Gasteiger charge is 2.39. The van der Waals surface area contributed by atoms with E-state index in [4.69, 9.17) is 14.9 Å². The molecule has 74 valence electrons. The molecule has 2 atom stereocenters. The van der Waals surface area contributed by atoms with Crippen LogP contribution < -0.4 is 0 Å². The minimum atomic E-state index is -1.22. The summed E-state index contributed by atoms with van der Waals surface area (Å²) in [5.41, 5.74) is 0. The summed E-state index contributed by atoms with van der Waals surface area (Å²) in [6.45, 7) is 0.128. The Labute approximate surface area is 74.7 Å². The summed E-state index contributed by atoms with van der Waals surface area (Å²) in [6, 6.07) is -0.970. The third kappa shape index (κ3) is 1.89. The second-order valence-corrected chi connectivity index (χ2v) is 2.88. The van der Waals surface area contributed by atoms with Crippen LogP contribution in [0.15, 0.2) is 0 Å². The van der Waals surface area contributed by atoms with Gasteiger partial charge < -0.3 is 14.9 Å². The number of nitrogens with zero attached hydrogens (tertiary/aromatic N) is 1. The standard InChI is InChI=1S/C7H11NO5/c1-13-4-2-5(6(9)10)8(3-4)7(11)12/h4-5H,2-3H2,1H3,(H,9,10)(H,11,12)/t4-,5-/m1/s1. The molecule has 1 rings (SSSR count). The summed E-state index contributed by atoms with van der Waals surface area (Å²) >= 11 is 0. The van der Waals surface area contributed by atoms with Crippen LogP contribution in [0.1, 0.15) is 6.42 Å². The van der Waals surface area contributed by atoms with Crippen molar-refractivity contribution in [3.63, 3.8) is 0 Å². The average molecular weight is 189 g/mol. The van der Waals surface area contributed by atoms with Crippen LogP contribution >= 0.6 is 0 Å². The fourth-order valence-corrected chi connectivity index (χ4v) is 1.41. The predicted octanol–water partition coefficient (Wildman–Crippen LogP) is -0.162. The van der Waals surface area contributed by atoms with Crippen LogP contribution in [-0.4, -0.2) is 53.0 Å². The molecule has 1 aliphatic heterocycles. The number of carbonyl (C=O) groups is 2. The Balaban J connectivity index is 2.71. The molecule has 1 aliphatic rings. The summed E-state index contributed by atoms with van der Waals surface area (Å²) in [7, 11) is 1.44. The largest absolute Gasteiger partial charge is 0.480 e. The van der Waals surface area contributed by atoms with Crippen molar-refractivity contribution in [2.24, 2.45) is 0 Å². The number of aliphatic carboxylic acids is 1. The zero-order valence-corrected chi connectivity index (χ0v) is 7.14. The molecular formula is C7H11NO5. The summed E-state index contributed by atoms with van der Waals surface area (Å²) < 4.78 is 4.90. The van der Waals surface area contributed by atoms with Crippen molar-refractivity contribution in [2.45, 2.75) is 18.6 Å². The van der Waals surface area contributed by atoms with Crippen molar-refractivity contribution in [3.05, 3.63) is 0 Å². The first-order valence-electron chi connectivity index (χ1n) is 3.81. The molecule has 0 aliphatic carbocycles. The maximum Gasteiger partial charge on any atom is 0.408 e. The van der Waals surface area contributed by atoms with Crippen LogP contribution in [0.2, 0.25) is 0 Å². The van der Waals surface area contributed by atoms with Gasteiger partial charge in [-0.3, -0.25) is 4.90 Å². The number of methoxy groups -OCH3 is 1. The van der Waals surface area contributed by atoms with Crippen LogP contribution in [-0.2, 0) is 9.53 Å². The number of amides is 1. The number of ether oxygens (including phenoxy) is 1. The summed E-state index contributed by atoms with van der Waals surface area (Å²) in [6.07, 6.45) is -1.30. The Morgan fingerprint density at radius 1 is 1.46 bits per heavy atom. The van der Waals surface area contributed by atoms with Gasteiger partial charge in [-0.1, -0.05) is 0 Å². The lowest BCUT2D eigenvalue weighted by molar-refractivity contribution is -0.141. The highest BCUT2D eigenvalue weighted by Crippen LogP contribution is 2.19. The van der Waals surface area contributed by atoms with E-state index < -0.39 is 18.1 Å². The van der Waals surface area contributed by atoms with Crippen molar-refractivity contribution >= 4 is 12.1 Å². The van der Waals surface area contributed by atoms with E-state index in [0.29, 0.717) is 0 Å². The molecule has 13 heavy (non-hydrogen) atoms. The second-order valence-electron chi connectivity index (χ2n) is 2.88. The molecule has 2 N–H and O–H groups in total. The molecule has 0 spiro atoms. The summed E-state index contributed by atoms with van der Waals surface area (Å²) in [5.74, 6) is -1.12. The van der Waals surface area contributed by atoms with E-state index in [-0.39, 0.29) is 19.1 Å². The minimum Gasteiger partial charge on any atom is -0.480 e. The summed E-state index contributed by atoms with van der Waals surface area (Å²) in [5, 5.41) is 17.3. The van der Waals surface area contributed by atoms with Crippen LogP contribution in [0.25, 0.3) is 0 Å².